The van der Waals surface area contributed by atoms with Gasteiger partial charge < -0.3 is 15.3 Å². The maximum atomic E-state index is 11.6. The first-order valence-electron chi connectivity index (χ1n) is 6.02. The lowest BCUT2D eigenvalue weighted by Gasteiger charge is -2.20. The van der Waals surface area contributed by atoms with E-state index in [2.05, 4.69) is 5.32 Å². The Bertz CT molecular complexity index is 322. The van der Waals surface area contributed by atoms with Crippen LogP contribution < -0.4 is 5.32 Å². The van der Waals surface area contributed by atoms with Gasteiger partial charge in [-0.15, -0.1) is 0 Å². The zero-order valence-corrected chi connectivity index (χ0v) is 11.4. The molecule has 0 bridgehead atoms. The van der Waals surface area contributed by atoms with Gasteiger partial charge in [-0.3, -0.25) is 14.4 Å². The van der Waals surface area contributed by atoms with E-state index >= 15 is 0 Å². The van der Waals surface area contributed by atoms with E-state index in [-0.39, 0.29) is 18.9 Å². The fourth-order valence-corrected chi connectivity index (χ4v) is 1.40. The molecule has 0 unspecified atom stereocenters. The van der Waals surface area contributed by atoms with Crippen LogP contribution in [0.2, 0.25) is 0 Å². The molecule has 0 rings (SSSR count). The summed E-state index contributed by atoms with van der Waals surface area (Å²) in [5, 5.41) is 11.3. The van der Waals surface area contributed by atoms with Crippen molar-refractivity contribution in [3.63, 3.8) is 0 Å². The normalized spacial score (nSPS) is 10.9. The second-order valence-corrected chi connectivity index (χ2v) is 4.71. The third-order valence-corrected chi connectivity index (χ3v) is 2.73. The molecule has 0 atom stereocenters. The van der Waals surface area contributed by atoms with Crippen molar-refractivity contribution in [2.24, 2.45) is 5.41 Å². The predicted molar refractivity (Wildman–Crippen MR) is 67.0 cm³/mol. The molecule has 0 spiro atoms. The number of amides is 2. The summed E-state index contributed by atoms with van der Waals surface area (Å²) in [6, 6.07) is 0. The fourth-order valence-electron chi connectivity index (χ4n) is 1.40. The highest BCUT2D eigenvalue weighted by atomic mass is 16.4. The molecule has 0 aromatic carbocycles. The third-order valence-electron chi connectivity index (χ3n) is 2.73. The quantitative estimate of drug-likeness (QED) is 0.695. The van der Waals surface area contributed by atoms with Crippen molar-refractivity contribution in [1.29, 1.82) is 0 Å². The molecule has 0 heterocycles. The van der Waals surface area contributed by atoms with Gasteiger partial charge in [0.2, 0.25) is 11.8 Å². The molecule has 104 valence electrons. The maximum absolute atomic E-state index is 11.6. The van der Waals surface area contributed by atoms with Gasteiger partial charge in [0.15, 0.2) is 0 Å². The van der Waals surface area contributed by atoms with E-state index < -0.39 is 17.3 Å². The minimum atomic E-state index is -1.12. The summed E-state index contributed by atoms with van der Waals surface area (Å²) in [7, 11) is 0. The van der Waals surface area contributed by atoms with Crippen LogP contribution in [0.1, 0.15) is 34.1 Å². The Morgan fingerprint density at radius 2 is 1.67 bits per heavy atom. The highest BCUT2D eigenvalue weighted by Crippen LogP contribution is 2.19. The first-order chi connectivity index (χ1) is 8.24. The number of nitrogens with zero attached hydrogens (tertiary/aromatic N) is 1. The van der Waals surface area contributed by atoms with Crippen LogP contribution in [0.25, 0.3) is 0 Å². The van der Waals surface area contributed by atoms with Crippen molar-refractivity contribution in [2.75, 3.05) is 19.6 Å². The second kappa shape index (κ2) is 6.98. The van der Waals surface area contributed by atoms with Crippen LogP contribution in [0.5, 0.6) is 0 Å². The van der Waals surface area contributed by atoms with Crippen LogP contribution in [-0.2, 0) is 14.4 Å². The summed E-state index contributed by atoms with van der Waals surface area (Å²) in [5.41, 5.74) is -1.12. The Labute approximate surface area is 107 Å². The van der Waals surface area contributed by atoms with Crippen LogP contribution >= 0.6 is 0 Å². The van der Waals surface area contributed by atoms with Gasteiger partial charge in [0.1, 0.15) is 0 Å². The minimum absolute atomic E-state index is 0.0871. The van der Waals surface area contributed by atoms with Crippen molar-refractivity contribution < 1.29 is 19.5 Å². The van der Waals surface area contributed by atoms with Crippen molar-refractivity contribution in [3.05, 3.63) is 0 Å². The van der Waals surface area contributed by atoms with Gasteiger partial charge in [-0.1, -0.05) is 0 Å². The minimum Gasteiger partial charge on any atom is -0.481 e. The summed E-state index contributed by atoms with van der Waals surface area (Å²) in [6.07, 6.45) is -0.145. The van der Waals surface area contributed by atoms with Crippen molar-refractivity contribution in [3.8, 4) is 0 Å². The van der Waals surface area contributed by atoms with E-state index in [0.29, 0.717) is 13.1 Å². The largest absolute Gasteiger partial charge is 0.481 e. The van der Waals surface area contributed by atoms with Crippen LogP contribution in [0.3, 0.4) is 0 Å². The van der Waals surface area contributed by atoms with Crippen molar-refractivity contribution >= 4 is 17.8 Å². The van der Waals surface area contributed by atoms with Gasteiger partial charge in [0.05, 0.1) is 12.0 Å². The van der Waals surface area contributed by atoms with Crippen molar-refractivity contribution in [2.45, 2.75) is 34.1 Å². The molecule has 0 saturated heterocycles. The van der Waals surface area contributed by atoms with Crippen LogP contribution in [0.4, 0.5) is 0 Å². The predicted octanol–water partition coefficient (Wildman–Crippen LogP) is 0.472. The number of carbonyl (C=O) groups is 3. The van der Waals surface area contributed by atoms with Gasteiger partial charge in [-0.25, -0.2) is 0 Å². The topological polar surface area (TPSA) is 86.7 Å². The zero-order valence-electron chi connectivity index (χ0n) is 11.4. The highest BCUT2D eigenvalue weighted by molar-refractivity contribution is 5.87. The van der Waals surface area contributed by atoms with E-state index in [1.807, 2.05) is 13.8 Å². The van der Waals surface area contributed by atoms with Gasteiger partial charge in [-0.2, -0.15) is 0 Å². The van der Waals surface area contributed by atoms with E-state index in [1.165, 1.54) is 13.8 Å². The summed E-state index contributed by atoms with van der Waals surface area (Å²) < 4.78 is 0. The lowest BCUT2D eigenvalue weighted by molar-refractivity contribution is -0.149. The number of likely N-dealkylation sites (N-methyl/N-ethyl adjacent to an activating group) is 1. The average Bonchev–Trinajstić information content (AvgIpc) is 2.27. The molecule has 0 aliphatic heterocycles. The smallest absolute Gasteiger partial charge is 0.309 e. The molecule has 0 fully saturated rings. The summed E-state index contributed by atoms with van der Waals surface area (Å²) in [4.78, 5) is 35.6. The van der Waals surface area contributed by atoms with Gasteiger partial charge in [-0.05, 0) is 27.7 Å². The Morgan fingerprint density at radius 3 is 2.06 bits per heavy atom. The number of rotatable bonds is 7. The Balaban J connectivity index is 4.20. The SMILES string of the molecule is CCN(CC)C(=O)CNC(=O)CC(C)(C)C(=O)O. The first kappa shape index (κ1) is 16.4. The number of hydrogen-bond donors (Lipinski definition) is 2. The van der Waals surface area contributed by atoms with E-state index in [4.69, 9.17) is 5.11 Å². The molecule has 0 radical (unpaired) electrons. The number of aliphatic carboxylic acids is 1. The summed E-state index contributed by atoms with van der Waals surface area (Å²) >= 11 is 0. The third kappa shape index (κ3) is 5.16. The molecule has 2 amide bonds. The van der Waals surface area contributed by atoms with Crippen LogP contribution in [0, 0.1) is 5.41 Å². The number of carbonyl (C=O) groups excluding carboxylic acids is 2. The lowest BCUT2D eigenvalue weighted by atomic mass is 9.89. The zero-order chi connectivity index (χ0) is 14.3. The number of hydrogen-bond acceptors (Lipinski definition) is 3. The molecule has 6 nitrogen and oxygen atoms in total. The molecule has 0 aromatic rings. The van der Waals surface area contributed by atoms with E-state index in [9.17, 15) is 14.4 Å². The number of carboxylic acids is 1. The lowest BCUT2D eigenvalue weighted by Crippen LogP contribution is -2.41. The van der Waals surface area contributed by atoms with Crippen LogP contribution in [0.15, 0.2) is 0 Å². The molecular weight excluding hydrogens is 236 g/mol. The molecule has 0 aliphatic carbocycles. The molecule has 6 heteroatoms. The standard InChI is InChI=1S/C12H22N2O4/c1-5-14(6-2)10(16)8-13-9(15)7-12(3,4)11(17)18/h5-8H2,1-4H3,(H,13,15)(H,17,18). The molecule has 0 aromatic heterocycles. The Kier molecular flexibility index (Phi) is 6.36. The maximum Gasteiger partial charge on any atom is 0.309 e. The molecule has 18 heavy (non-hydrogen) atoms. The second-order valence-electron chi connectivity index (χ2n) is 4.71. The summed E-state index contributed by atoms with van der Waals surface area (Å²) in [5.74, 6) is -1.63. The van der Waals surface area contributed by atoms with Crippen molar-refractivity contribution in [1.82, 2.24) is 10.2 Å². The fraction of sp³-hybridized carbons (Fsp3) is 0.750. The van der Waals surface area contributed by atoms with E-state index in [0.717, 1.165) is 0 Å². The van der Waals surface area contributed by atoms with Gasteiger partial charge in [0, 0.05) is 19.5 Å². The molecular formula is C12H22N2O4. The van der Waals surface area contributed by atoms with E-state index in [1.54, 1.807) is 4.90 Å². The molecule has 0 aliphatic rings. The first-order valence-corrected chi connectivity index (χ1v) is 6.02. The Morgan fingerprint density at radius 1 is 1.17 bits per heavy atom. The number of nitrogens with one attached hydrogen (secondary N) is 1. The average molecular weight is 258 g/mol. The highest BCUT2D eigenvalue weighted by Gasteiger charge is 2.30. The number of carboxylic acid groups (broad SMARTS) is 1. The molecule has 0 saturated carbocycles. The van der Waals surface area contributed by atoms with Gasteiger partial charge >= 0.3 is 5.97 Å². The monoisotopic (exact) mass is 258 g/mol. The molecule has 2 N–H and O–H groups in total. The van der Waals surface area contributed by atoms with Crippen LogP contribution in [-0.4, -0.2) is 47.4 Å². The summed E-state index contributed by atoms with van der Waals surface area (Å²) in [6.45, 7) is 7.75. The Hall–Kier alpha value is -1.59. The van der Waals surface area contributed by atoms with Gasteiger partial charge in [0.25, 0.3) is 0 Å².